The van der Waals surface area contributed by atoms with E-state index in [1.165, 1.54) is 58.6 Å². The molecule has 0 saturated heterocycles. The molecule has 294 valence electrons. The zero-order valence-electron chi connectivity index (χ0n) is 34.1. The van der Waals surface area contributed by atoms with Crippen LogP contribution in [0.15, 0.2) is 224 Å². The quantitative estimate of drug-likeness (QED) is 0.150. The van der Waals surface area contributed by atoms with Crippen LogP contribution in [0.3, 0.4) is 0 Å². The molecule has 0 saturated carbocycles. The van der Waals surface area contributed by atoms with Gasteiger partial charge in [-0.3, -0.25) is 0 Å². The molecule has 0 unspecified atom stereocenters. The van der Waals surface area contributed by atoms with Gasteiger partial charge in [0, 0.05) is 58.6 Å². The lowest BCUT2D eigenvalue weighted by Gasteiger charge is -2.12. The largest absolute Gasteiger partial charge is 0.247 e. The van der Waals surface area contributed by atoms with Crippen LogP contribution in [-0.2, 0) is 0 Å². The number of thiophene rings is 1. The van der Waals surface area contributed by atoms with Gasteiger partial charge in [-0.1, -0.05) is 194 Å². The summed E-state index contributed by atoms with van der Waals surface area (Å²) in [5.41, 5.74) is 15.0. The smallest absolute Gasteiger partial charge is 0.160 e. The van der Waals surface area contributed by atoms with E-state index in [0.717, 1.165) is 56.0 Å². The Labute approximate surface area is 369 Å². The highest BCUT2D eigenvalue weighted by Gasteiger charge is 2.18. The van der Waals surface area contributed by atoms with Gasteiger partial charge >= 0.3 is 0 Å². The zero-order chi connectivity index (χ0) is 41.7. The summed E-state index contributed by atoms with van der Waals surface area (Å²) in [5, 5.41) is 6.16. The molecule has 0 aliphatic rings. The van der Waals surface area contributed by atoms with E-state index in [9.17, 15) is 0 Å². The third-order valence-corrected chi connectivity index (χ3v) is 13.3. The van der Waals surface area contributed by atoms with Gasteiger partial charge in [-0.05, 0) is 63.7 Å². The van der Waals surface area contributed by atoms with Crippen LogP contribution < -0.4 is 0 Å². The Morgan fingerprint density at radius 3 is 1.33 bits per heavy atom. The number of pyridine rings is 1. The van der Waals surface area contributed by atoms with Gasteiger partial charge in [0.15, 0.2) is 5.82 Å². The van der Waals surface area contributed by atoms with Crippen molar-refractivity contribution in [1.29, 1.82) is 0 Å². The number of aromatic nitrogens is 3. The summed E-state index contributed by atoms with van der Waals surface area (Å²) in [6.07, 6.45) is 0. The normalized spacial score (nSPS) is 11.5. The van der Waals surface area contributed by atoms with E-state index < -0.39 is 0 Å². The summed E-state index contributed by atoms with van der Waals surface area (Å²) in [6, 6.07) is 79.7. The molecular weight excluding hydrogens is 783 g/mol. The first kappa shape index (κ1) is 36.8. The van der Waals surface area contributed by atoms with E-state index in [0.29, 0.717) is 5.82 Å². The van der Waals surface area contributed by atoms with Crippen molar-refractivity contribution in [3.05, 3.63) is 224 Å². The molecule has 0 fully saturated rings. The summed E-state index contributed by atoms with van der Waals surface area (Å²) in [4.78, 5) is 15.6. The highest BCUT2D eigenvalue weighted by Crippen LogP contribution is 2.44. The highest BCUT2D eigenvalue weighted by molar-refractivity contribution is 7.26. The summed E-state index contributed by atoms with van der Waals surface area (Å²) >= 11 is 1.85. The molecular formula is C59H37N3S. The maximum Gasteiger partial charge on any atom is 0.160 e. The minimum Gasteiger partial charge on any atom is -0.247 e. The SMILES string of the molecule is c1ccc(-c2ccc(-c3cc(-c4ccc(-c5ccc6sc7ccc8c(-c9ccccc9)nc9ccccc9c8c7c6c5)cc4)nc(-c4ccc(-c5ccccc5)cc4)n3)cc2)cc1. The number of para-hydroxylation sites is 1. The summed E-state index contributed by atoms with van der Waals surface area (Å²) < 4.78 is 2.55. The maximum atomic E-state index is 5.21. The second-order valence-electron chi connectivity index (χ2n) is 15.9. The third-order valence-electron chi connectivity index (χ3n) is 12.1. The van der Waals surface area contributed by atoms with E-state index >= 15 is 0 Å². The van der Waals surface area contributed by atoms with Crippen LogP contribution in [0.5, 0.6) is 0 Å². The van der Waals surface area contributed by atoms with Gasteiger partial charge in [-0.25, -0.2) is 15.0 Å². The van der Waals surface area contributed by atoms with Gasteiger partial charge in [0.05, 0.1) is 22.6 Å². The topological polar surface area (TPSA) is 38.7 Å². The predicted octanol–water partition coefficient (Wildman–Crippen LogP) is 16.2. The molecule has 0 spiro atoms. The van der Waals surface area contributed by atoms with Crippen molar-refractivity contribution in [3.63, 3.8) is 0 Å². The lowest BCUT2D eigenvalue weighted by Crippen LogP contribution is -1.96. The van der Waals surface area contributed by atoms with Crippen LogP contribution in [0, 0.1) is 0 Å². The maximum absolute atomic E-state index is 5.21. The summed E-state index contributed by atoms with van der Waals surface area (Å²) in [5.74, 6) is 0.693. The van der Waals surface area contributed by atoms with E-state index in [1.54, 1.807) is 0 Å². The number of hydrogen-bond acceptors (Lipinski definition) is 4. The van der Waals surface area contributed by atoms with Crippen molar-refractivity contribution < 1.29 is 0 Å². The zero-order valence-corrected chi connectivity index (χ0v) is 34.9. The van der Waals surface area contributed by atoms with Crippen molar-refractivity contribution in [3.8, 4) is 78.5 Å². The van der Waals surface area contributed by atoms with Crippen LogP contribution in [-0.4, -0.2) is 15.0 Å². The number of nitrogens with zero attached hydrogens (tertiary/aromatic N) is 3. The van der Waals surface area contributed by atoms with Crippen molar-refractivity contribution in [2.75, 3.05) is 0 Å². The van der Waals surface area contributed by atoms with Gasteiger partial charge in [0.2, 0.25) is 0 Å². The summed E-state index contributed by atoms with van der Waals surface area (Å²) in [7, 11) is 0. The lowest BCUT2D eigenvalue weighted by atomic mass is 9.95. The third kappa shape index (κ3) is 6.74. The molecule has 0 atom stereocenters. The average Bonchev–Trinajstić information content (AvgIpc) is 3.75. The minimum absolute atomic E-state index is 0.693. The Morgan fingerprint density at radius 1 is 0.270 bits per heavy atom. The standard InChI is InChI=1S/C59H37N3S/c1-4-12-38(13-5-1)40-20-26-43(27-21-40)52-37-53(62-59(61-52)46-30-24-41(25-31-46)39-14-6-2-7-15-39)44-28-22-42(23-29-44)47-32-34-54-50(36-47)57-55(63-54)35-33-49-56(57)48-18-10-11-19-51(48)60-58(49)45-16-8-3-9-17-45/h1-37H. The fourth-order valence-corrected chi connectivity index (χ4v) is 10.0. The molecule has 12 aromatic rings. The Hall–Kier alpha value is -8.05. The molecule has 0 bridgehead atoms. The lowest BCUT2D eigenvalue weighted by molar-refractivity contribution is 1.18. The van der Waals surface area contributed by atoms with Crippen LogP contribution in [0.4, 0.5) is 0 Å². The molecule has 0 aliphatic heterocycles. The molecule has 3 nitrogen and oxygen atoms in total. The van der Waals surface area contributed by atoms with Gasteiger partial charge in [-0.15, -0.1) is 11.3 Å². The van der Waals surface area contributed by atoms with E-state index in [2.05, 4.69) is 212 Å². The van der Waals surface area contributed by atoms with Crippen LogP contribution in [0.25, 0.3) is 120 Å². The van der Waals surface area contributed by atoms with Crippen molar-refractivity contribution in [1.82, 2.24) is 15.0 Å². The second kappa shape index (κ2) is 15.4. The first-order chi connectivity index (χ1) is 31.2. The highest BCUT2D eigenvalue weighted by atomic mass is 32.1. The molecule has 12 rings (SSSR count). The minimum atomic E-state index is 0.693. The van der Waals surface area contributed by atoms with Gasteiger partial charge in [0.25, 0.3) is 0 Å². The van der Waals surface area contributed by atoms with Crippen LogP contribution >= 0.6 is 11.3 Å². The fraction of sp³-hybridized carbons (Fsp3) is 0. The number of benzene rings is 9. The molecule has 0 aliphatic carbocycles. The Balaban J connectivity index is 0.949. The molecule has 3 aromatic heterocycles. The monoisotopic (exact) mass is 819 g/mol. The Bertz CT molecular complexity index is 3520. The van der Waals surface area contributed by atoms with E-state index in [-0.39, 0.29) is 0 Å². The van der Waals surface area contributed by atoms with Crippen molar-refractivity contribution in [2.24, 2.45) is 0 Å². The predicted molar refractivity (Wildman–Crippen MR) is 266 cm³/mol. The first-order valence-corrected chi connectivity index (χ1v) is 22.1. The van der Waals surface area contributed by atoms with Crippen LogP contribution in [0.2, 0.25) is 0 Å². The second-order valence-corrected chi connectivity index (χ2v) is 17.0. The van der Waals surface area contributed by atoms with Crippen molar-refractivity contribution in [2.45, 2.75) is 0 Å². The van der Waals surface area contributed by atoms with Gasteiger partial charge < -0.3 is 0 Å². The summed E-state index contributed by atoms with van der Waals surface area (Å²) in [6.45, 7) is 0. The molecule has 4 heteroatoms. The number of rotatable bonds is 7. The molecule has 3 heterocycles. The number of hydrogen-bond donors (Lipinski definition) is 0. The van der Waals surface area contributed by atoms with E-state index in [1.807, 2.05) is 23.5 Å². The fourth-order valence-electron chi connectivity index (χ4n) is 8.92. The number of fused-ring (bicyclic) bond motifs is 7. The molecule has 0 radical (unpaired) electrons. The van der Waals surface area contributed by atoms with Crippen molar-refractivity contribution >= 4 is 53.2 Å². The molecule has 0 amide bonds. The Morgan fingerprint density at radius 2 is 0.730 bits per heavy atom. The first-order valence-electron chi connectivity index (χ1n) is 21.2. The Kier molecular flexibility index (Phi) is 9.02. The van der Waals surface area contributed by atoms with E-state index in [4.69, 9.17) is 15.0 Å². The van der Waals surface area contributed by atoms with Gasteiger partial charge in [-0.2, -0.15) is 0 Å². The molecule has 63 heavy (non-hydrogen) atoms. The molecule has 9 aromatic carbocycles. The van der Waals surface area contributed by atoms with Gasteiger partial charge in [0.1, 0.15) is 0 Å². The van der Waals surface area contributed by atoms with Crippen LogP contribution in [0.1, 0.15) is 0 Å². The average molecular weight is 820 g/mol. The molecule has 0 N–H and O–H groups in total.